The molecule has 0 rings (SSSR count). The van der Waals surface area contributed by atoms with E-state index in [0.717, 1.165) is 0 Å². The van der Waals surface area contributed by atoms with Gasteiger partial charge in [0.25, 0.3) is 0 Å². The second-order valence-electron chi connectivity index (χ2n) is 1.59. The highest BCUT2D eigenvalue weighted by atomic mass is 14.2. The third kappa shape index (κ3) is 2.55. The number of allylic oxidation sites excluding steroid dienone is 4. The van der Waals surface area contributed by atoms with Crippen molar-refractivity contribution in [1.29, 1.82) is 5.26 Å². The average Bonchev–Trinajstić information content (AvgIpc) is 1.99. The lowest BCUT2D eigenvalue weighted by atomic mass is 10.2. The van der Waals surface area contributed by atoms with Gasteiger partial charge in [-0.05, 0) is 6.08 Å². The Balaban J connectivity index is 4.48. The molecule has 0 aromatic rings. The largest absolute Gasteiger partial charge is 0.192 e. The molecule has 0 amide bonds. The summed E-state index contributed by atoms with van der Waals surface area (Å²) in [4.78, 5) is 0. The topological polar surface area (TPSA) is 23.8 Å². The van der Waals surface area contributed by atoms with Crippen LogP contribution in [0.4, 0.5) is 0 Å². The summed E-state index contributed by atoms with van der Waals surface area (Å²) in [5.41, 5.74) is 0.916. The Kier molecular flexibility index (Phi) is 3.46. The number of rotatable bonds is 2. The zero-order chi connectivity index (χ0) is 7.98. The molecule has 0 saturated carbocycles. The maximum Gasteiger partial charge on any atom is 0.0991 e. The summed E-state index contributed by atoms with van der Waals surface area (Å²) in [7, 11) is 0. The monoisotopic (exact) mass is 129 g/mol. The first kappa shape index (κ1) is 8.27. The van der Waals surface area contributed by atoms with E-state index in [0.29, 0.717) is 11.1 Å². The zero-order valence-corrected chi connectivity index (χ0v) is 5.59. The molecule has 0 aliphatic heterocycles. The summed E-state index contributed by atoms with van der Waals surface area (Å²) < 4.78 is 0. The minimum absolute atomic E-state index is 0.433. The highest BCUT2D eigenvalue weighted by Gasteiger charge is 1.86. The molecule has 10 heavy (non-hydrogen) atoms. The van der Waals surface area contributed by atoms with E-state index in [1.54, 1.807) is 0 Å². The van der Waals surface area contributed by atoms with E-state index < -0.39 is 0 Å². The minimum Gasteiger partial charge on any atom is -0.192 e. The Morgan fingerprint density at radius 2 is 2.20 bits per heavy atom. The van der Waals surface area contributed by atoms with Crippen LogP contribution in [0.25, 0.3) is 0 Å². The van der Waals surface area contributed by atoms with Crippen LogP contribution in [0.1, 0.15) is 0 Å². The van der Waals surface area contributed by atoms with Crippen molar-refractivity contribution >= 4 is 0 Å². The molecule has 1 heteroatoms. The van der Waals surface area contributed by atoms with Gasteiger partial charge in [-0.2, -0.15) is 5.26 Å². The number of nitrogens with zero attached hydrogens (tertiary/aromatic N) is 1. The van der Waals surface area contributed by atoms with Gasteiger partial charge in [0.1, 0.15) is 0 Å². The summed E-state index contributed by atoms with van der Waals surface area (Å²) in [6.45, 7) is 6.92. The molecule has 0 spiro atoms. The first-order chi connectivity index (χ1) is 4.74. The predicted octanol–water partition coefficient (Wildman–Crippen LogP) is 1.81. The molecule has 0 heterocycles. The average molecular weight is 129 g/mol. The van der Waals surface area contributed by atoms with E-state index in [2.05, 4.69) is 19.1 Å². The second-order valence-corrected chi connectivity index (χ2v) is 1.59. The lowest BCUT2D eigenvalue weighted by molar-refractivity contribution is 1.50. The van der Waals surface area contributed by atoms with Gasteiger partial charge < -0.3 is 0 Å². The van der Waals surface area contributed by atoms with Crippen molar-refractivity contribution in [2.75, 3.05) is 0 Å². The summed E-state index contributed by atoms with van der Waals surface area (Å²) in [6, 6.07) is 1.90. The summed E-state index contributed by atoms with van der Waals surface area (Å²) >= 11 is 0. The van der Waals surface area contributed by atoms with Crippen LogP contribution in [0.3, 0.4) is 0 Å². The van der Waals surface area contributed by atoms with Crippen LogP contribution in [0.5, 0.6) is 0 Å². The van der Waals surface area contributed by atoms with E-state index >= 15 is 0 Å². The molecule has 0 saturated heterocycles. The number of hydrogen-bond acceptors (Lipinski definition) is 1. The van der Waals surface area contributed by atoms with Gasteiger partial charge >= 0.3 is 0 Å². The van der Waals surface area contributed by atoms with Crippen LogP contribution in [0, 0.1) is 23.7 Å². The van der Waals surface area contributed by atoms with E-state index in [4.69, 9.17) is 11.7 Å². The van der Waals surface area contributed by atoms with E-state index in [9.17, 15) is 0 Å². The van der Waals surface area contributed by atoms with Crippen molar-refractivity contribution in [3.8, 4) is 18.4 Å². The molecule has 0 fully saturated rings. The standard InChI is InChI=1S/C9H7N/c1-4-8(3)6-9(5-2)7-10/h1,5-6H,2-3H2. The van der Waals surface area contributed by atoms with Gasteiger partial charge in [0.05, 0.1) is 11.6 Å². The molecule has 0 aliphatic rings. The Bertz CT molecular complexity index is 255. The highest BCUT2D eigenvalue weighted by Crippen LogP contribution is 1.98. The van der Waals surface area contributed by atoms with Gasteiger partial charge in [-0.1, -0.05) is 25.2 Å². The van der Waals surface area contributed by atoms with Crippen molar-refractivity contribution in [2.24, 2.45) is 0 Å². The zero-order valence-electron chi connectivity index (χ0n) is 5.59. The Hall–Kier alpha value is -1.73. The van der Waals surface area contributed by atoms with E-state index in [-0.39, 0.29) is 0 Å². The van der Waals surface area contributed by atoms with Gasteiger partial charge in [-0.3, -0.25) is 0 Å². The van der Waals surface area contributed by atoms with E-state index in [1.165, 1.54) is 12.2 Å². The van der Waals surface area contributed by atoms with Crippen molar-refractivity contribution in [2.45, 2.75) is 0 Å². The molecule has 48 valence electrons. The van der Waals surface area contributed by atoms with Gasteiger partial charge in [-0.15, -0.1) is 6.42 Å². The highest BCUT2D eigenvalue weighted by molar-refractivity contribution is 5.43. The SMILES string of the molecule is C#CC(=C)C=C(C#N)C=C. The smallest absolute Gasteiger partial charge is 0.0991 e. The number of hydrogen-bond donors (Lipinski definition) is 0. The number of nitriles is 1. The molecule has 0 atom stereocenters. The first-order valence-electron chi connectivity index (χ1n) is 2.64. The fourth-order valence-corrected chi connectivity index (χ4v) is 0.366. The fourth-order valence-electron chi connectivity index (χ4n) is 0.366. The molecule has 0 bridgehead atoms. The normalized spacial score (nSPS) is 9.20. The van der Waals surface area contributed by atoms with Crippen LogP contribution in [-0.4, -0.2) is 0 Å². The van der Waals surface area contributed by atoms with Crippen LogP contribution < -0.4 is 0 Å². The maximum absolute atomic E-state index is 8.37. The van der Waals surface area contributed by atoms with Crippen LogP contribution in [0.15, 0.2) is 36.5 Å². The quantitative estimate of drug-likeness (QED) is 0.317. The van der Waals surface area contributed by atoms with Gasteiger partial charge in [0, 0.05) is 5.57 Å². The fraction of sp³-hybridized carbons (Fsp3) is 0. The van der Waals surface area contributed by atoms with Crippen molar-refractivity contribution in [3.05, 3.63) is 36.5 Å². The Morgan fingerprint density at radius 3 is 2.50 bits per heavy atom. The Morgan fingerprint density at radius 1 is 1.60 bits per heavy atom. The molecule has 1 nitrogen and oxygen atoms in total. The molecule has 0 N–H and O–H groups in total. The first-order valence-corrected chi connectivity index (χ1v) is 2.64. The molecular weight excluding hydrogens is 122 g/mol. The lowest BCUT2D eigenvalue weighted by Crippen LogP contribution is -1.72. The molecule has 0 aliphatic carbocycles. The van der Waals surface area contributed by atoms with Crippen molar-refractivity contribution in [3.63, 3.8) is 0 Å². The Labute approximate surface area is 61.0 Å². The molecular formula is C9H7N. The van der Waals surface area contributed by atoms with Crippen molar-refractivity contribution in [1.82, 2.24) is 0 Å². The molecule has 0 aromatic carbocycles. The predicted molar refractivity (Wildman–Crippen MR) is 41.9 cm³/mol. The summed E-state index contributed by atoms with van der Waals surface area (Å²) in [6.07, 6.45) is 7.93. The maximum atomic E-state index is 8.37. The third-order valence-electron chi connectivity index (χ3n) is 0.864. The third-order valence-corrected chi connectivity index (χ3v) is 0.864. The van der Waals surface area contributed by atoms with E-state index in [1.807, 2.05) is 6.07 Å². The molecule has 0 unspecified atom stereocenters. The van der Waals surface area contributed by atoms with Crippen molar-refractivity contribution < 1.29 is 0 Å². The second kappa shape index (κ2) is 4.18. The van der Waals surface area contributed by atoms with Crippen LogP contribution >= 0.6 is 0 Å². The van der Waals surface area contributed by atoms with Crippen LogP contribution in [0.2, 0.25) is 0 Å². The summed E-state index contributed by atoms with van der Waals surface area (Å²) in [5, 5.41) is 8.37. The molecule has 0 aromatic heterocycles. The number of terminal acetylenes is 1. The lowest BCUT2D eigenvalue weighted by Gasteiger charge is -1.84. The van der Waals surface area contributed by atoms with Gasteiger partial charge in [0.2, 0.25) is 0 Å². The van der Waals surface area contributed by atoms with Gasteiger partial charge in [-0.25, -0.2) is 0 Å². The van der Waals surface area contributed by atoms with Crippen LogP contribution in [-0.2, 0) is 0 Å². The molecule has 0 radical (unpaired) electrons. The van der Waals surface area contributed by atoms with Gasteiger partial charge in [0.15, 0.2) is 0 Å². The summed E-state index contributed by atoms with van der Waals surface area (Å²) in [5.74, 6) is 2.29. The minimum atomic E-state index is 0.433.